The molecule has 0 heterocycles. The number of nitrogens with two attached hydrogens (primary N) is 1. The molecule has 0 spiro atoms. The summed E-state index contributed by atoms with van der Waals surface area (Å²) < 4.78 is 23.7. The number of carbonyl (C=O) groups is 1. The lowest BCUT2D eigenvalue weighted by atomic mass is 10.1. The second kappa shape index (κ2) is 8.50. The number of nitrogen functional groups attached to an aromatic ring is 1. The Labute approximate surface area is 118 Å². The van der Waals surface area contributed by atoms with Crippen molar-refractivity contribution in [1.82, 2.24) is 4.90 Å². The van der Waals surface area contributed by atoms with Crippen LogP contribution in [-0.4, -0.2) is 51.3 Å². The average molecular weight is 284 g/mol. The largest absolute Gasteiger partial charge is 0.399 e. The van der Waals surface area contributed by atoms with Crippen molar-refractivity contribution in [2.45, 2.75) is 6.42 Å². The van der Waals surface area contributed by atoms with Crippen LogP contribution in [0.15, 0.2) is 18.2 Å². The van der Waals surface area contributed by atoms with Crippen LogP contribution in [0.5, 0.6) is 0 Å². The SMILES string of the molecule is COCCCN(CCOC)C(=O)c1cc(N)ccc1F. The summed E-state index contributed by atoms with van der Waals surface area (Å²) in [4.78, 5) is 13.9. The van der Waals surface area contributed by atoms with Crippen LogP contribution in [0.1, 0.15) is 16.8 Å². The van der Waals surface area contributed by atoms with Crippen molar-refractivity contribution in [3.63, 3.8) is 0 Å². The van der Waals surface area contributed by atoms with Gasteiger partial charge in [-0.1, -0.05) is 0 Å². The number of nitrogens with zero attached hydrogens (tertiary/aromatic N) is 1. The standard InChI is InChI=1S/C14H21FN2O3/c1-19-8-3-6-17(7-9-20-2)14(18)12-10-11(16)4-5-13(12)15/h4-5,10H,3,6-9,16H2,1-2H3. The van der Waals surface area contributed by atoms with Gasteiger partial charge in [-0.25, -0.2) is 4.39 Å². The molecular formula is C14H21FN2O3. The monoisotopic (exact) mass is 284 g/mol. The predicted octanol–water partition coefficient (Wildman–Crippen LogP) is 1.53. The van der Waals surface area contributed by atoms with Crippen LogP contribution >= 0.6 is 0 Å². The van der Waals surface area contributed by atoms with Gasteiger partial charge in [0.1, 0.15) is 5.82 Å². The molecule has 0 fully saturated rings. The number of amides is 1. The number of hydrogen-bond donors (Lipinski definition) is 1. The van der Waals surface area contributed by atoms with Crippen LogP contribution in [-0.2, 0) is 9.47 Å². The molecule has 112 valence electrons. The first kappa shape index (κ1) is 16.4. The topological polar surface area (TPSA) is 64.8 Å². The van der Waals surface area contributed by atoms with Gasteiger partial charge in [-0.15, -0.1) is 0 Å². The molecule has 0 aliphatic rings. The van der Waals surface area contributed by atoms with Crippen LogP contribution in [0, 0.1) is 5.82 Å². The highest BCUT2D eigenvalue weighted by atomic mass is 19.1. The van der Waals surface area contributed by atoms with Gasteiger partial charge in [-0.3, -0.25) is 4.79 Å². The van der Waals surface area contributed by atoms with Crippen LogP contribution in [0.3, 0.4) is 0 Å². The van der Waals surface area contributed by atoms with Crippen molar-refractivity contribution in [2.75, 3.05) is 46.3 Å². The van der Waals surface area contributed by atoms with Gasteiger partial charge >= 0.3 is 0 Å². The molecule has 0 saturated heterocycles. The van der Waals surface area contributed by atoms with E-state index in [0.717, 1.165) is 0 Å². The molecule has 0 aliphatic heterocycles. The number of halogens is 1. The van der Waals surface area contributed by atoms with Crippen LogP contribution in [0.25, 0.3) is 0 Å². The van der Waals surface area contributed by atoms with E-state index in [1.165, 1.54) is 18.2 Å². The first-order chi connectivity index (χ1) is 9.60. The molecule has 0 aromatic heterocycles. The Hall–Kier alpha value is -1.66. The van der Waals surface area contributed by atoms with E-state index in [2.05, 4.69) is 0 Å². The second-order valence-corrected chi connectivity index (χ2v) is 4.37. The number of rotatable bonds is 8. The van der Waals surface area contributed by atoms with Crippen molar-refractivity contribution in [1.29, 1.82) is 0 Å². The lowest BCUT2D eigenvalue weighted by molar-refractivity contribution is 0.0669. The summed E-state index contributed by atoms with van der Waals surface area (Å²) in [6.45, 7) is 1.80. The van der Waals surface area contributed by atoms with E-state index >= 15 is 0 Å². The fraction of sp³-hybridized carbons (Fsp3) is 0.500. The fourth-order valence-electron chi connectivity index (χ4n) is 1.79. The van der Waals surface area contributed by atoms with Gasteiger partial charge in [0.2, 0.25) is 0 Å². The van der Waals surface area contributed by atoms with E-state index in [9.17, 15) is 9.18 Å². The Balaban J connectivity index is 2.82. The van der Waals surface area contributed by atoms with Crippen molar-refractivity contribution < 1.29 is 18.7 Å². The molecule has 1 aromatic rings. The number of methoxy groups -OCH3 is 2. The minimum atomic E-state index is -0.571. The van der Waals surface area contributed by atoms with E-state index in [4.69, 9.17) is 15.2 Å². The summed E-state index contributed by atoms with van der Waals surface area (Å²) in [7, 11) is 3.15. The van der Waals surface area contributed by atoms with Gasteiger partial charge in [0, 0.05) is 39.6 Å². The van der Waals surface area contributed by atoms with Gasteiger partial charge in [-0.2, -0.15) is 0 Å². The normalized spacial score (nSPS) is 10.6. The fourth-order valence-corrected chi connectivity index (χ4v) is 1.79. The van der Waals surface area contributed by atoms with Crippen LogP contribution < -0.4 is 5.73 Å². The summed E-state index contributed by atoms with van der Waals surface area (Å²) in [5.41, 5.74) is 5.95. The number of anilines is 1. The Morgan fingerprint density at radius 2 is 1.95 bits per heavy atom. The maximum atomic E-state index is 13.7. The van der Waals surface area contributed by atoms with Gasteiger partial charge in [-0.05, 0) is 24.6 Å². The molecule has 0 atom stereocenters. The Morgan fingerprint density at radius 1 is 1.25 bits per heavy atom. The van der Waals surface area contributed by atoms with Crippen molar-refractivity contribution in [2.24, 2.45) is 0 Å². The van der Waals surface area contributed by atoms with Crippen molar-refractivity contribution in [3.8, 4) is 0 Å². The maximum absolute atomic E-state index is 13.7. The van der Waals surface area contributed by atoms with Gasteiger partial charge in [0.15, 0.2) is 0 Å². The summed E-state index contributed by atoms with van der Waals surface area (Å²) in [6.07, 6.45) is 0.676. The van der Waals surface area contributed by atoms with E-state index in [1.807, 2.05) is 0 Å². The Bertz CT molecular complexity index is 440. The molecule has 5 nitrogen and oxygen atoms in total. The third-order valence-electron chi connectivity index (χ3n) is 2.85. The first-order valence-corrected chi connectivity index (χ1v) is 6.42. The van der Waals surface area contributed by atoms with Crippen molar-refractivity contribution >= 4 is 11.6 Å². The summed E-state index contributed by atoms with van der Waals surface area (Å²) >= 11 is 0. The molecule has 0 bridgehead atoms. The maximum Gasteiger partial charge on any atom is 0.256 e. The molecule has 0 aliphatic carbocycles. The lowest BCUT2D eigenvalue weighted by Crippen LogP contribution is -2.35. The Morgan fingerprint density at radius 3 is 2.60 bits per heavy atom. The van der Waals surface area contributed by atoms with Crippen molar-refractivity contribution in [3.05, 3.63) is 29.6 Å². The summed E-state index contributed by atoms with van der Waals surface area (Å²) in [5, 5.41) is 0. The summed E-state index contributed by atoms with van der Waals surface area (Å²) in [5.74, 6) is -0.957. The van der Waals surface area contributed by atoms with E-state index in [0.29, 0.717) is 38.4 Å². The number of hydrogen-bond acceptors (Lipinski definition) is 4. The van der Waals surface area contributed by atoms with E-state index in [1.54, 1.807) is 19.1 Å². The predicted molar refractivity (Wildman–Crippen MR) is 75.1 cm³/mol. The zero-order valence-corrected chi connectivity index (χ0v) is 11.9. The van der Waals surface area contributed by atoms with Gasteiger partial charge < -0.3 is 20.1 Å². The zero-order chi connectivity index (χ0) is 15.0. The minimum absolute atomic E-state index is 0.0153. The van der Waals surface area contributed by atoms with E-state index in [-0.39, 0.29) is 11.5 Å². The molecule has 6 heteroatoms. The number of ether oxygens (including phenoxy) is 2. The minimum Gasteiger partial charge on any atom is -0.399 e. The first-order valence-electron chi connectivity index (χ1n) is 6.42. The molecule has 1 amide bonds. The quantitative estimate of drug-likeness (QED) is 0.581. The highest BCUT2D eigenvalue weighted by molar-refractivity contribution is 5.95. The van der Waals surface area contributed by atoms with Crippen LogP contribution in [0.4, 0.5) is 10.1 Å². The molecule has 1 rings (SSSR count). The molecular weight excluding hydrogens is 263 g/mol. The van der Waals surface area contributed by atoms with Gasteiger partial charge in [0.25, 0.3) is 5.91 Å². The van der Waals surface area contributed by atoms with Crippen LogP contribution in [0.2, 0.25) is 0 Å². The third-order valence-corrected chi connectivity index (χ3v) is 2.85. The third kappa shape index (κ3) is 4.79. The molecule has 0 unspecified atom stereocenters. The summed E-state index contributed by atoms with van der Waals surface area (Å²) in [6, 6.07) is 3.98. The second-order valence-electron chi connectivity index (χ2n) is 4.37. The van der Waals surface area contributed by atoms with Gasteiger partial charge in [0.05, 0.1) is 12.2 Å². The number of carbonyl (C=O) groups excluding carboxylic acids is 1. The molecule has 2 N–H and O–H groups in total. The lowest BCUT2D eigenvalue weighted by Gasteiger charge is -2.22. The Kier molecular flexibility index (Phi) is 6.97. The van der Waals surface area contributed by atoms with E-state index < -0.39 is 5.82 Å². The number of benzene rings is 1. The average Bonchev–Trinajstić information content (AvgIpc) is 2.44. The molecule has 0 saturated carbocycles. The highest BCUT2D eigenvalue weighted by Crippen LogP contribution is 2.14. The molecule has 1 aromatic carbocycles. The zero-order valence-electron chi connectivity index (χ0n) is 11.9. The molecule has 0 radical (unpaired) electrons. The molecule has 20 heavy (non-hydrogen) atoms. The highest BCUT2D eigenvalue weighted by Gasteiger charge is 2.19. The smallest absolute Gasteiger partial charge is 0.256 e.